The van der Waals surface area contributed by atoms with Gasteiger partial charge >= 0.3 is 5.97 Å². The van der Waals surface area contributed by atoms with Gasteiger partial charge in [0.2, 0.25) is 5.95 Å². The van der Waals surface area contributed by atoms with E-state index in [1.54, 1.807) is 4.68 Å². The first-order valence-corrected chi connectivity index (χ1v) is 13.3. The molecule has 1 aromatic heterocycles. The van der Waals surface area contributed by atoms with Gasteiger partial charge in [0.25, 0.3) is 0 Å². The Morgan fingerprint density at radius 2 is 1.79 bits per heavy atom. The number of halogens is 1. The molecule has 5 rings (SSSR count). The molecule has 0 fully saturated rings. The fourth-order valence-corrected chi connectivity index (χ4v) is 5.07. The zero-order chi connectivity index (χ0) is 27.4. The Kier molecular flexibility index (Phi) is 7.92. The minimum absolute atomic E-state index is 0.144. The van der Waals surface area contributed by atoms with E-state index in [0.717, 1.165) is 22.3 Å². The molecule has 3 aromatic carbocycles. The summed E-state index contributed by atoms with van der Waals surface area (Å²) in [4.78, 5) is 13.5. The SMILES string of the molecule is CCOc1cc(C2C(C(=O)OCc3ccccc3)=C(C)Nc3nnnn32)cc(Br)c1OCc1cccc(C)c1. The van der Waals surface area contributed by atoms with Crippen LogP contribution in [0.4, 0.5) is 5.95 Å². The Bertz CT molecular complexity index is 1520. The predicted molar refractivity (Wildman–Crippen MR) is 149 cm³/mol. The van der Waals surface area contributed by atoms with Crippen LogP contribution in [-0.2, 0) is 22.7 Å². The molecule has 0 saturated heterocycles. The third kappa shape index (κ3) is 5.80. The highest BCUT2D eigenvalue weighted by Gasteiger charge is 2.36. The highest BCUT2D eigenvalue weighted by molar-refractivity contribution is 9.10. The normalized spacial score (nSPS) is 14.4. The van der Waals surface area contributed by atoms with E-state index in [0.29, 0.717) is 46.4 Å². The maximum atomic E-state index is 13.5. The lowest BCUT2D eigenvalue weighted by Gasteiger charge is -2.28. The van der Waals surface area contributed by atoms with E-state index >= 15 is 0 Å². The van der Waals surface area contributed by atoms with Crippen molar-refractivity contribution in [1.29, 1.82) is 0 Å². The molecule has 0 radical (unpaired) electrons. The molecule has 0 amide bonds. The van der Waals surface area contributed by atoms with Crippen LogP contribution < -0.4 is 14.8 Å². The first kappa shape index (κ1) is 26.4. The minimum Gasteiger partial charge on any atom is -0.490 e. The number of allylic oxidation sites excluding steroid dienone is 1. The van der Waals surface area contributed by atoms with Crippen LogP contribution in [-0.4, -0.2) is 32.8 Å². The Morgan fingerprint density at radius 3 is 2.56 bits per heavy atom. The van der Waals surface area contributed by atoms with Gasteiger partial charge in [-0.25, -0.2) is 4.79 Å². The van der Waals surface area contributed by atoms with Gasteiger partial charge in [-0.3, -0.25) is 0 Å². The Hall–Kier alpha value is -4.18. The summed E-state index contributed by atoms with van der Waals surface area (Å²) >= 11 is 3.67. The van der Waals surface area contributed by atoms with Gasteiger partial charge in [-0.2, -0.15) is 4.68 Å². The number of carbonyl (C=O) groups is 1. The molecule has 4 aromatic rings. The predicted octanol–water partition coefficient (Wildman–Crippen LogP) is 5.75. The lowest BCUT2D eigenvalue weighted by Crippen LogP contribution is -2.29. The summed E-state index contributed by atoms with van der Waals surface area (Å²) < 4.78 is 20.2. The van der Waals surface area contributed by atoms with Crippen molar-refractivity contribution in [2.24, 2.45) is 0 Å². The van der Waals surface area contributed by atoms with Gasteiger partial charge in [0.15, 0.2) is 11.5 Å². The molecular formula is C29H28BrN5O4. The van der Waals surface area contributed by atoms with Crippen molar-refractivity contribution in [3.8, 4) is 11.5 Å². The lowest BCUT2D eigenvalue weighted by atomic mass is 9.95. The van der Waals surface area contributed by atoms with Crippen molar-refractivity contribution < 1.29 is 19.0 Å². The van der Waals surface area contributed by atoms with E-state index in [1.807, 2.05) is 81.4 Å². The molecule has 1 aliphatic heterocycles. The number of fused-ring (bicyclic) bond motifs is 1. The number of anilines is 1. The van der Waals surface area contributed by atoms with Gasteiger partial charge in [-0.05, 0) is 76.0 Å². The van der Waals surface area contributed by atoms with Crippen molar-refractivity contribution in [1.82, 2.24) is 20.2 Å². The van der Waals surface area contributed by atoms with Gasteiger partial charge in [0.1, 0.15) is 19.3 Å². The van der Waals surface area contributed by atoms with Gasteiger partial charge in [-0.1, -0.05) is 65.3 Å². The quantitative estimate of drug-likeness (QED) is 0.246. The number of hydrogen-bond acceptors (Lipinski definition) is 8. The zero-order valence-corrected chi connectivity index (χ0v) is 23.4. The highest BCUT2D eigenvalue weighted by Crippen LogP contribution is 2.43. The Balaban J connectivity index is 1.49. The van der Waals surface area contributed by atoms with Crippen LogP contribution in [0.2, 0.25) is 0 Å². The minimum atomic E-state index is -0.652. The van der Waals surface area contributed by atoms with Gasteiger partial charge in [0.05, 0.1) is 16.7 Å². The van der Waals surface area contributed by atoms with Crippen molar-refractivity contribution in [3.63, 3.8) is 0 Å². The van der Waals surface area contributed by atoms with E-state index in [9.17, 15) is 4.79 Å². The van der Waals surface area contributed by atoms with Crippen LogP contribution in [0.5, 0.6) is 11.5 Å². The highest BCUT2D eigenvalue weighted by atomic mass is 79.9. The number of aromatic nitrogens is 4. The zero-order valence-electron chi connectivity index (χ0n) is 21.8. The molecule has 39 heavy (non-hydrogen) atoms. The molecule has 9 nitrogen and oxygen atoms in total. The third-order valence-electron chi connectivity index (χ3n) is 6.26. The van der Waals surface area contributed by atoms with Crippen molar-refractivity contribution in [2.45, 2.75) is 40.0 Å². The van der Waals surface area contributed by atoms with Gasteiger partial charge < -0.3 is 19.5 Å². The Labute approximate surface area is 234 Å². The fraction of sp³-hybridized carbons (Fsp3) is 0.241. The molecule has 10 heteroatoms. The van der Waals surface area contributed by atoms with E-state index < -0.39 is 12.0 Å². The average Bonchev–Trinajstić information content (AvgIpc) is 3.39. The number of nitrogens with one attached hydrogen (secondary N) is 1. The molecule has 1 unspecified atom stereocenters. The number of benzene rings is 3. The summed E-state index contributed by atoms with van der Waals surface area (Å²) in [6.07, 6.45) is 0. The maximum absolute atomic E-state index is 13.5. The summed E-state index contributed by atoms with van der Waals surface area (Å²) in [7, 11) is 0. The average molecular weight is 590 g/mol. The third-order valence-corrected chi connectivity index (χ3v) is 6.85. The molecule has 0 aliphatic carbocycles. The van der Waals surface area contributed by atoms with Crippen LogP contribution >= 0.6 is 15.9 Å². The van der Waals surface area contributed by atoms with E-state index in [4.69, 9.17) is 14.2 Å². The molecule has 200 valence electrons. The second-order valence-corrected chi connectivity index (χ2v) is 9.97. The van der Waals surface area contributed by atoms with Crippen LogP contribution in [0.3, 0.4) is 0 Å². The molecule has 1 aliphatic rings. The first-order valence-electron chi connectivity index (χ1n) is 12.6. The summed E-state index contributed by atoms with van der Waals surface area (Å²) in [5, 5.41) is 15.2. The lowest BCUT2D eigenvalue weighted by molar-refractivity contribution is -0.140. The second-order valence-electron chi connectivity index (χ2n) is 9.12. The summed E-state index contributed by atoms with van der Waals surface area (Å²) in [5.41, 5.74) is 4.83. The van der Waals surface area contributed by atoms with E-state index in [2.05, 4.69) is 42.8 Å². The number of rotatable bonds is 9. The smallest absolute Gasteiger partial charge is 0.338 e. The second kappa shape index (κ2) is 11.7. The molecule has 0 saturated carbocycles. The van der Waals surface area contributed by atoms with E-state index in [-0.39, 0.29) is 6.61 Å². The van der Waals surface area contributed by atoms with Gasteiger partial charge in [0, 0.05) is 5.70 Å². The van der Waals surface area contributed by atoms with Crippen LogP contribution in [0, 0.1) is 6.92 Å². The number of aryl methyl sites for hydroxylation is 1. The molecule has 1 N–H and O–H groups in total. The van der Waals surface area contributed by atoms with Crippen molar-refractivity contribution in [2.75, 3.05) is 11.9 Å². The van der Waals surface area contributed by atoms with Gasteiger partial charge in [-0.15, -0.1) is 0 Å². The maximum Gasteiger partial charge on any atom is 0.338 e. The number of tetrazole rings is 1. The van der Waals surface area contributed by atoms with Crippen molar-refractivity contribution >= 4 is 27.8 Å². The number of esters is 1. The monoisotopic (exact) mass is 589 g/mol. The number of hydrogen-bond donors (Lipinski definition) is 1. The topological polar surface area (TPSA) is 100 Å². The standard InChI is InChI=1S/C29H28BrN5O4/c1-4-37-24-15-22(14-23(30)27(24)38-17-21-12-8-9-18(2)13-21)26-25(19(3)31-29-32-33-34-35(26)29)28(36)39-16-20-10-6-5-7-11-20/h5-15,26H,4,16-17H2,1-3H3,(H,31,32,34). The summed E-state index contributed by atoms with van der Waals surface area (Å²) in [6.45, 7) is 6.71. The van der Waals surface area contributed by atoms with Crippen LogP contribution in [0.1, 0.15) is 42.1 Å². The van der Waals surface area contributed by atoms with Crippen LogP contribution in [0.25, 0.3) is 0 Å². The fourth-order valence-electron chi connectivity index (χ4n) is 4.49. The molecular weight excluding hydrogens is 562 g/mol. The summed E-state index contributed by atoms with van der Waals surface area (Å²) in [6, 6.07) is 20.8. The molecule has 2 heterocycles. The molecule has 0 spiro atoms. The molecule has 0 bridgehead atoms. The number of carbonyl (C=O) groups excluding carboxylic acids is 1. The Morgan fingerprint density at radius 1 is 1.00 bits per heavy atom. The van der Waals surface area contributed by atoms with Crippen LogP contribution in [0.15, 0.2) is 82.5 Å². The first-order chi connectivity index (χ1) is 18.9. The number of ether oxygens (including phenoxy) is 3. The largest absolute Gasteiger partial charge is 0.490 e. The summed E-state index contributed by atoms with van der Waals surface area (Å²) in [5.74, 6) is 1.06. The van der Waals surface area contributed by atoms with Crippen molar-refractivity contribution in [3.05, 3.63) is 105 Å². The van der Waals surface area contributed by atoms with E-state index in [1.165, 1.54) is 0 Å². The number of nitrogens with zero attached hydrogens (tertiary/aromatic N) is 4. The molecule has 1 atom stereocenters.